The molecule has 0 radical (unpaired) electrons. The molecule has 1 heteroatoms. The summed E-state index contributed by atoms with van der Waals surface area (Å²) >= 11 is 0. The van der Waals surface area contributed by atoms with Gasteiger partial charge in [0.2, 0.25) is 0 Å². The lowest BCUT2D eigenvalue weighted by atomic mass is 9.89. The SMILES string of the molecule is c1cc(-c2ccc3c(c2)Oc2cc4ccccc4c4cccc-3c24)c2cc3ccc4ccccc4c3cc2c1. The van der Waals surface area contributed by atoms with Crippen molar-refractivity contribution in [1.29, 1.82) is 0 Å². The van der Waals surface area contributed by atoms with Crippen LogP contribution in [0.2, 0.25) is 0 Å². The van der Waals surface area contributed by atoms with Gasteiger partial charge in [0, 0.05) is 10.9 Å². The van der Waals surface area contributed by atoms with E-state index in [1.54, 1.807) is 0 Å². The van der Waals surface area contributed by atoms with Crippen LogP contribution in [-0.2, 0) is 0 Å². The lowest BCUT2D eigenvalue weighted by molar-refractivity contribution is 0.488. The van der Waals surface area contributed by atoms with Crippen LogP contribution in [0, 0.1) is 0 Å². The Labute approximate surface area is 225 Å². The van der Waals surface area contributed by atoms with Crippen LogP contribution in [-0.4, -0.2) is 0 Å². The Morgan fingerprint density at radius 2 is 0.974 bits per heavy atom. The van der Waals surface area contributed by atoms with Gasteiger partial charge in [0.15, 0.2) is 0 Å². The van der Waals surface area contributed by atoms with Crippen molar-refractivity contribution >= 4 is 53.9 Å². The van der Waals surface area contributed by atoms with Crippen molar-refractivity contribution in [2.24, 2.45) is 0 Å². The van der Waals surface area contributed by atoms with E-state index in [0.29, 0.717) is 0 Å². The average molecular weight is 495 g/mol. The molecule has 1 nitrogen and oxygen atoms in total. The minimum absolute atomic E-state index is 0.909. The van der Waals surface area contributed by atoms with E-state index < -0.39 is 0 Å². The van der Waals surface area contributed by atoms with Gasteiger partial charge in [-0.1, -0.05) is 103 Å². The molecule has 0 saturated carbocycles. The van der Waals surface area contributed by atoms with Gasteiger partial charge in [-0.3, -0.25) is 0 Å². The third kappa shape index (κ3) is 2.96. The topological polar surface area (TPSA) is 9.23 Å². The summed E-state index contributed by atoms with van der Waals surface area (Å²) in [6.45, 7) is 0. The zero-order chi connectivity index (χ0) is 25.5. The molecule has 0 aromatic heterocycles. The van der Waals surface area contributed by atoms with Gasteiger partial charge in [-0.25, -0.2) is 0 Å². The minimum Gasteiger partial charge on any atom is -0.456 e. The molecule has 0 spiro atoms. The maximum absolute atomic E-state index is 6.65. The van der Waals surface area contributed by atoms with Crippen molar-refractivity contribution in [3.05, 3.63) is 133 Å². The molecule has 9 rings (SSSR count). The number of benzene rings is 8. The second-order valence-corrected chi connectivity index (χ2v) is 10.5. The molecule has 0 aliphatic carbocycles. The Balaban J connectivity index is 1.25. The molecule has 39 heavy (non-hydrogen) atoms. The van der Waals surface area contributed by atoms with Crippen LogP contribution >= 0.6 is 0 Å². The van der Waals surface area contributed by atoms with Crippen LogP contribution in [0.3, 0.4) is 0 Å². The molecule has 180 valence electrons. The Hall–Kier alpha value is -5.14. The molecule has 8 aromatic carbocycles. The van der Waals surface area contributed by atoms with Gasteiger partial charge in [0.25, 0.3) is 0 Å². The second kappa shape index (κ2) is 7.69. The predicted molar refractivity (Wildman–Crippen MR) is 165 cm³/mol. The van der Waals surface area contributed by atoms with Crippen LogP contribution in [0.15, 0.2) is 133 Å². The molecule has 0 atom stereocenters. The maximum atomic E-state index is 6.65. The summed E-state index contributed by atoms with van der Waals surface area (Å²) in [6.07, 6.45) is 0. The summed E-state index contributed by atoms with van der Waals surface area (Å²) in [5.74, 6) is 1.84. The summed E-state index contributed by atoms with van der Waals surface area (Å²) in [5, 5.41) is 12.5. The maximum Gasteiger partial charge on any atom is 0.136 e. The molecule has 0 amide bonds. The number of ether oxygens (including phenoxy) is 1. The molecule has 1 aliphatic rings. The molecule has 8 aromatic rings. The van der Waals surface area contributed by atoms with Gasteiger partial charge in [0.05, 0.1) is 0 Å². The van der Waals surface area contributed by atoms with Crippen LogP contribution in [0.25, 0.3) is 76.1 Å². The molecular formula is C38H22O. The van der Waals surface area contributed by atoms with Gasteiger partial charge < -0.3 is 4.74 Å². The number of rotatable bonds is 1. The van der Waals surface area contributed by atoms with E-state index in [1.807, 2.05) is 0 Å². The molecule has 0 fully saturated rings. The Morgan fingerprint density at radius 3 is 1.90 bits per heavy atom. The fourth-order valence-electron chi connectivity index (χ4n) is 6.58. The monoisotopic (exact) mass is 494 g/mol. The zero-order valence-corrected chi connectivity index (χ0v) is 21.1. The van der Waals surface area contributed by atoms with Gasteiger partial charge in [-0.05, 0) is 95.5 Å². The summed E-state index contributed by atoms with van der Waals surface area (Å²) in [4.78, 5) is 0. The number of hydrogen-bond donors (Lipinski definition) is 0. The molecule has 0 N–H and O–H groups in total. The fourth-order valence-corrected chi connectivity index (χ4v) is 6.58. The van der Waals surface area contributed by atoms with E-state index >= 15 is 0 Å². The Morgan fingerprint density at radius 1 is 0.333 bits per heavy atom. The van der Waals surface area contributed by atoms with E-state index in [9.17, 15) is 0 Å². The lowest BCUT2D eigenvalue weighted by Gasteiger charge is -2.23. The van der Waals surface area contributed by atoms with Crippen LogP contribution in [0.5, 0.6) is 11.5 Å². The standard InChI is InChI=1S/C38H22O/c1-3-10-28-23(7-1)15-16-26-20-34-24(19-35(26)28)9-5-12-30(34)27-17-18-31-33-14-6-13-32-29-11-4-2-8-25(29)22-37(38(32)33)39-36(31)21-27/h1-22H. The smallest absolute Gasteiger partial charge is 0.136 e. The van der Waals surface area contributed by atoms with Crippen molar-refractivity contribution in [3.8, 4) is 33.8 Å². The van der Waals surface area contributed by atoms with Crippen molar-refractivity contribution in [2.75, 3.05) is 0 Å². The first kappa shape index (κ1) is 20.9. The Kier molecular flexibility index (Phi) is 4.11. The summed E-state index contributed by atoms with van der Waals surface area (Å²) in [6, 6.07) is 48.4. The summed E-state index contributed by atoms with van der Waals surface area (Å²) in [7, 11) is 0. The van der Waals surface area contributed by atoms with Crippen molar-refractivity contribution in [2.45, 2.75) is 0 Å². The number of fused-ring (bicyclic) bond motifs is 8. The molecule has 0 bridgehead atoms. The third-order valence-corrected chi connectivity index (χ3v) is 8.40. The fraction of sp³-hybridized carbons (Fsp3) is 0. The van der Waals surface area contributed by atoms with E-state index in [1.165, 1.54) is 65.0 Å². The van der Waals surface area contributed by atoms with E-state index in [-0.39, 0.29) is 0 Å². The van der Waals surface area contributed by atoms with E-state index in [4.69, 9.17) is 4.74 Å². The highest BCUT2D eigenvalue weighted by molar-refractivity contribution is 6.17. The van der Waals surface area contributed by atoms with Gasteiger partial charge >= 0.3 is 0 Å². The normalized spacial score (nSPS) is 12.3. The highest BCUT2D eigenvalue weighted by Gasteiger charge is 2.22. The predicted octanol–water partition coefficient (Wildman–Crippen LogP) is 10.9. The Bertz CT molecular complexity index is 2310. The lowest BCUT2D eigenvalue weighted by Crippen LogP contribution is -1.98. The molecule has 0 unspecified atom stereocenters. The van der Waals surface area contributed by atoms with Crippen LogP contribution in [0.4, 0.5) is 0 Å². The van der Waals surface area contributed by atoms with E-state index in [2.05, 4.69) is 133 Å². The number of hydrogen-bond acceptors (Lipinski definition) is 1. The minimum atomic E-state index is 0.909. The third-order valence-electron chi connectivity index (χ3n) is 8.40. The van der Waals surface area contributed by atoms with Crippen molar-refractivity contribution in [3.63, 3.8) is 0 Å². The first-order chi connectivity index (χ1) is 19.3. The summed E-state index contributed by atoms with van der Waals surface area (Å²) in [5.41, 5.74) is 4.76. The zero-order valence-electron chi connectivity index (χ0n) is 21.1. The largest absolute Gasteiger partial charge is 0.456 e. The van der Waals surface area contributed by atoms with Crippen molar-refractivity contribution < 1.29 is 4.74 Å². The van der Waals surface area contributed by atoms with Gasteiger partial charge in [-0.2, -0.15) is 0 Å². The first-order valence-electron chi connectivity index (χ1n) is 13.4. The quantitative estimate of drug-likeness (QED) is 0.163. The van der Waals surface area contributed by atoms with Gasteiger partial charge in [-0.15, -0.1) is 0 Å². The second-order valence-electron chi connectivity index (χ2n) is 10.5. The summed E-state index contributed by atoms with van der Waals surface area (Å²) < 4.78 is 6.65. The van der Waals surface area contributed by atoms with Crippen molar-refractivity contribution in [1.82, 2.24) is 0 Å². The molecule has 1 aliphatic heterocycles. The highest BCUT2D eigenvalue weighted by atomic mass is 16.5. The van der Waals surface area contributed by atoms with Crippen LogP contribution < -0.4 is 4.74 Å². The average Bonchev–Trinajstić information content (AvgIpc) is 2.99. The van der Waals surface area contributed by atoms with Gasteiger partial charge in [0.1, 0.15) is 11.5 Å². The molecule has 0 saturated heterocycles. The van der Waals surface area contributed by atoms with E-state index in [0.717, 1.165) is 22.6 Å². The van der Waals surface area contributed by atoms with Crippen LogP contribution in [0.1, 0.15) is 0 Å². The molecule has 1 heterocycles. The molecular weight excluding hydrogens is 472 g/mol. The first-order valence-corrected chi connectivity index (χ1v) is 13.4. The highest BCUT2D eigenvalue weighted by Crippen LogP contribution is 2.49.